The monoisotopic (exact) mass is 484 g/mol. The number of hydrogen-bond acceptors (Lipinski definition) is 4. The molecule has 0 spiro atoms. The molecule has 0 aliphatic carbocycles. The standard InChI is InChI=1S/C30H32N2O4/c1-4-19-31-28(33)27-24(21-11-7-5-8-12-21)25(30(35)36-3)26(22-13-9-6-10-14-22)32(27)29(34)23-17-15-20(2)16-18-23/h5-18,24-27H,4,19H2,1-3H3,(H,31,33). The minimum Gasteiger partial charge on any atom is -0.469 e. The van der Waals surface area contributed by atoms with E-state index in [1.54, 1.807) is 17.0 Å². The zero-order valence-corrected chi connectivity index (χ0v) is 20.9. The van der Waals surface area contributed by atoms with Gasteiger partial charge in [0.05, 0.1) is 19.1 Å². The average Bonchev–Trinajstić information content (AvgIpc) is 3.28. The molecule has 4 unspecified atom stereocenters. The highest BCUT2D eigenvalue weighted by Gasteiger charge is 2.58. The van der Waals surface area contributed by atoms with E-state index in [9.17, 15) is 14.4 Å². The Bertz CT molecular complexity index is 1190. The molecule has 4 rings (SSSR count). The van der Waals surface area contributed by atoms with Gasteiger partial charge in [0, 0.05) is 18.0 Å². The topological polar surface area (TPSA) is 75.7 Å². The number of rotatable bonds is 7. The van der Waals surface area contributed by atoms with Crippen molar-refractivity contribution in [2.75, 3.05) is 13.7 Å². The third-order valence-corrected chi connectivity index (χ3v) is 6.82. The second-order valence-electron chi connectivity index (χ2n) is 9.16. The van der Waals surface area contributed by atoms with Crippen LogP contribution in [-0.4, -0.2) is 42.4 Å². The van der Waals surface area contributed by atoms with Crippen molar-refractivity contribution in [2.45, 2.75) is 38.3 Å². The maximum absolute atomic E-state index is 14.2. The van der Waals surface area contributed by atoms with Gasteiger partial charge in [-0.05, 0) is 36.6 Å². The van der Waals surface area contributed by atoms with Gasteiger partial charge in [0.15, 0.2) is 0 Å². The minimum atomic E-state index is -0.901. The summed E-state index contributed by atoms with van der Waals surface area (Å²) in [6.07, 6.45) is 0.753. The smallest absolute Gasteiger partial charge is 0.311 e. The highest BCUT2D eigenvalue weighted by molar-refractivity contribution is 6.00. The zero-order valence-electron chi connectivity index (χ0n) is 20.9. The third kappa shape index (κ3) is 4.89. The van der Waals surface area contributed by atoms with Gasteiger partial charge in [-0.15, -0.1) is 0 Å². The number of likely N-dealkylation sites (tertiary alicyclic amines) is 1. The fourth-order valence-electron chi connectivity index (χ4n) is 5.15. The first kappa shape index (κ1) is 25.2. The number of hydrogen-bond donors (Lipinski definition) is 1. The molecule has 1 fully saturated rings. The summed E-state index contributed by atoms with van der Waals surface area (Å²) in [5, 5.41) is 2.98. The van der Waals surface area contributed by atoms with Crippen molar-refractivity contribution in [3.63, 3.8) is 0 Å². The van der Waals surface area contributed by atoms with Crippen molar-refractivity contribution in [1.82, 2.24) is 10.2 Å². The van der Waals surface area contributed by atoms with Gasteiger partial charge < -0.3 is 15.0 Å². The Morgan fingerprint density at radius 1 is 0.861 bits per heavy atom. The summed E-state index contributed by atoms with van der Waals surface area (Å²) < 4.78 is 5.29. The number of nitrogens with one attached hydrogen (secondary N) is 1. The lowest BCUT2D eigenvalue weighted by molar-refractivity contribution is -0.146. The van der Waals surface area contributed by atoms with Crippen molar-refractivity contribution in [2.24, 2.45) is 5.92 Å². The molecule has 0 radical (unpaired) electrons. The number of ether oxygens (including phenoxy) is 1. The fourth-order valence-corrected chi connectivity index (χ4v) is 5.15. The molecule has 1 saturated heterocycles. The van der Waals surface area contributed by atoms with Gasteiger partial charge in [-0.2, -0.15) is 0 Å². The van der Waals surface area contributed by atoms with Gasteiger partial charge in [0.2, 0.25) is 5.91 Å². The van der Waals surface area contributed by atoms with E-state index in [1.807, 2.05) is 86.6 Å². The molecule has 2 amide bonds. The summed E-state index contributed by atoms with van der Waals surface area (Å²) in [5.41, 5.74) is 3.08. The van der Waals surface area contributed by atoms with Crippen molar-refractivity contribution >= 4 is 17.8 Å². The molecule has 0 bridgehead atoms. The quantitative estimate of drug-likeness (QED) is 0.495. The summed E-state index contributed by atoms with van der Waals surface area (Å²) in [6.45, 7) is 4.40. The normalized spacial score (nSPS) is 21.1. The molecule has 1 aliphatic heterocycles. The van der Waals surface area contributed by atoms with Gasteiger partial charge in [-0.1, -0.05) is 85.3 Å². The maximum Gasteiger partial charge on any atom is 0.311 e. The Kier molecular flexibility index (Phi) is 7.84. The van der Waals surface area contributed by atoms with Crippen LogP contribution < -0.4 is 5.32 Å². The molecule has 36 heavy (non-hydrogen) atoms. The van der Waals surface area contributed by atoms with Crippen molar-refractivity contribution in [3.05, 3.63) is 107 Å². The van der Waals surface area contributed by atoms with Crippen LogP contribution in [0.25, 0.3) is 0 Å². The molecule has 186 valence electrons. The summed E-state index contributed by atoms with van der Waals surface area (Å²) in [7, 11) is 1.35. The number of esters is 1. The van der Waals surface area contributed by atoms with Crippen molar-refractivity contribution < 1.29 is 19.1 Å². The average molecular weight is 485 g/mol. The van der Waals surface area contributed by atoms with E-state index < -0.39 is 29.9 Å². The maximum atomic E-state index is 14.2. The Morgan fingerprint density at radius 2 is 1.44 bits per heavy atom. The largest absolute Gasteiger partial charge is 0.469 e. The lowest BCUT2D eigenvalue weighted by Gasteiger charge is -2.31. The molecule has 1 aliphatic rings. The summed E-state index contributed by atoms with van der Waals surface area (Å²) in [5.74, 6) is -2.39. The fraction of sp³-hybridized carbons (Fsp3) is 0.300. The Balaban J connectivity index is 1.95. The number of carbonyl (C=O) groups excluding carboxylic acids is 3. The number of amides is 2. The lowest BCUT2D eigenvalue weighted by atomic mass is 9.80. The summed E-state index contributed by atoms with van der Waals surface area (Å²) in [4.78, 5) is 42.9. The van der Waals surface area contributed by atoms with Crippen LogP contribution >= 0.6 is 0 Å². The number of nitrogens with zero attached hydrogens (tertiary/aromatic N) is 1. The van der Waals surface area contributed by atoms with Crippen LogP contribution in [0.3, 0.4) is 0 Å². The van der Waals surface area contributed by atoms with Crippen LogP contribution in [0.15, 0.2) is 84.9 Å². The first-order valence-corrected chi connectivity index (χ1v) is 12.3. The van der Waals surface area contributed by atoms with Crippen LogP contribution in [-0.2, 0) is 14.3 Å². The van der Waals surface area contributed by atoms with Crippen LogP contribution in [0.2, 0.25) is 0 Å². The molecule has 3 aromatic rings. The molecular weight excluding hydrogens is 452 g/mol. The van der Waals surface area contributed by atoms with Crippen LogP contribution in [0.5, 0.6) is 0 Å². The van der Waals surface area contributed by atoms with Crippen molar-refractivity contribution in [1.29, 1.82) is 0 Å². The Morgan fingerprint density at radius 3 is 2.00 bits per heavy atom. The first-order chi connectivity index (χ1) is 17.5. The molecule has 1 heterocycles. The number of benzene rings is 3. The van der Waals surface area contributed by atoms with Gasteiger partial charge in [0.25, 0.3) is 5.91 Å². The SMILES string of the molecule is CCCNC(=O)C1C(c2ccccc2)C(C(=O)OC)C(c2ccccc2)N1C(=O)c1ccc(C)cc1. The van der Waals surface area contributed by atoms with E-state index in [2.05, 4.69) is 5.32 Å². The molecule has 6 nitrogen and oxygen atoms in total. The second-order valence-corrected chi connectivity index (χ2v) is 9.16. The number of methoxy groups -OCH3 is 1. The predicted octanol–water partition coefficient (Wildman–Crippen LogP) is 4.66. The third-order valence-electron chi connectivity index (χ3n) is 6.82. The Labute approximate surface area is 212 Å². The van der Waals surface area contributed by atoms with E-state index in [0.717, 1.165) is 23.1 Å². The number of aryl methyl sites for hydroxylation is 1. The molecule has 4 atom stereocenters. The lowest BCUT2D eigenvalue weighted by Crippen LogP contribution is -2.48. The van der Waals surface area contributed by atoms with Crippen molar-refractivity contribution in [3.8, 4) is 0 Å². The van der Waals surface area contributed by atoms with Gasteiger partial charge >= 0.3 is 5.97 Å². The van der Waals surface area contributed by atoms with E-state index in [-0.39, 0.29) is 11.8 Å². The molecule has 1 N–H and O–H groups in total. The molecule has 6 heteroatoms. The molecule has 0 aromatic heterocycles. The first-order valence-electron chi connectivity index (χ1n) is 12.3. The van der Waals surface area contributed by atoms with Gasteiger partial charge in [-0.3, -0.25) is 14.4 Å². The van der Waals surface area contributed by atoms with Gasteiger partial charge in [0.1, 0.15) is 6.04 Å². The van der Waals surface area contributed by atoms with E-state index in [0.29, 0.717) is 12.1 Å². The molecular formula is C30H32N2O4. The highest BCUT2D eigenvalue weighted by atomic mass is 16.5. The highest BCUT2D eigenvalue weighted by Crippen LogP contribution is 2.51. The van der Waals surface area contributed by atoms with E-state index >= 15 is 0 Å². The van der Waals surface area contributed by atoms with E-state index in [4.69, 9.17) is 4.74 Å². The molecule has 3 aromatic carbocycles. The Hall–Kier alpha value is -3.93. The minimum absolute atomic E-state index is 0.279. The second kappa shape index (κ2) is 11.2. The van der Waals surface area contributed by atoms with Crippen LogP contribution in [0.1, 0.15) is 52.4 Å². The molecule has 0 saturated carbocycles. The predicted molar refractivity (Wildman–Crippen MR) is 138 cm³/mol. The van der Waals surface area contributed by atoms with Gasteiger partial charge in [-0.25, -0.2) is 0 Å². The van der Waals surface area contributed by atoms with E-state index in [1.165, 1.54) is 7.11 Å². The number of carbonyl (C=O) groups is 3. The summed E-state index contributed by atoms with van der Waals surface area (Å²) in [6, 6.07) is 24.6. The zero-order chi connectivity index (χ0) is 25.7. The van der Waals surface area contributed by atoms with Crippen LogP contribution in [0.4, 0.5) is 0 Å². The summed E-state index contributed by atoms with van der Waals surface area (Å²) >= 11 is 0. The van der Waals surface area contributed by atoms with Crippen LogP contribution in [0, 0.1) is 12.8 Å².